The van der Waals surface area contributed by atoms with Crippen LogP contribution < -0.4 is 4.74 Å². The maximum Gasteiger partial charge on any atom is 0.311 e. The molecule has 0 amide bonds. The smallest absolute Gasteiger partial charge is 0.311 e. The van der Waals surface area contributed by atoms with Crippen LogP contribution in [0.2, 0.25) is 0 Å². The van der Waals surface area contributed by atoms with E-state index in [9.17, 15) is 4.79 Å². The maximum atomic E-state index is 11.8. The molecule has 0 bridgehead atoms. The summed E-state index contributed by atoms with van der Waals surface area (Å²) in [6.07, 6.45) is 4.11. The molecule has 4 nitrogen and oxygen atoms in total. The van der Waals surface area contributed by atoms with E-state index in [0.717, 1.165) is 11.3 Å². The Balaban J connectivity index is 2.27. The first-order valence-electron chi connectivity index (χ1n) is 7.99. The van der Waals surface area contributed by atoms with Crippen LogP contribution in [0.1, 0.15) is 32.8 Å². The Morgan fingerprint density at radius 3 is 2.42 bits per heavy atom. The lowest BCUT2D eigenvalue weighted by atomic mass is 9.97. The third-order valence-electron chi connectivity index (χ3n) is 3.27. The average Bonchev–Trinajstić information content (AvgIpc) is 2.56. The van der Waals surface area contributed by atoms with Gasteiger partial charge >= 0.3 is 5.97 Å². The molecule has 0 heterocycles. The summed E-state index contributed by atoms with van der Waals surface area (Å²) in [6, 6.07) is 7.75. The molecule has 24 heavy (non-hydrogen) atoms. The number of methoxy groups -OCH3 is 1. The monoisotopic (exact) mass is 354 g/mol. The van der Waals surface area contributed by atoms with Gasteiger partial charge in [-0.25, -0.2) is 0 Å². The Morgan fingerprint density at radius 2 is 1.88 bits per heavy atom. The molecule has 0 saturated carbocycles. The molecule has 0 aliphatic heterocycles. The number of ether oxygens (including phenoxy) is 3. The van der Waals surface area contributed by atoms with Crippen molar-refractivity contribution in [3.05, 3.63) is 42.0 Å². The van der Waals surface area contributed by atoms with Gasteiger partial charge in [-0.1, -0.05) is 24.3 Å². The molecule has 134 valence electrons. The molecule has 5 heteroatoms. The minimum Gasteiger partial charge on any atom is -0.497 e. The maximum absolute atomic E-state index is 11.8. The summed E-state index contributed by atoms with van der Waals surface area (Å²) in [7, 11) is 1.64. The van der Waals surface area contributed by atoms with Gasteiger partial charge in [0.05, 0.1) is 31.6 Å². The van der Waals surface area contributed by atoms with Crippen molar-refractivity contribution in [1.82, 2.24) is 0 Å². The van der Waals surface area contributed by atoms with Gasteiger partial charge in [-0.2, -0.15) is 0 Å². The van der Waals surface area contributed by atoms with E-state index in [2.05, 4.69) is 0 Å². The van der Waals surface area contributed by atoms with Gasteiger partial charge in [-0.15, -0.1) is 11.6 Å². The van der Waals surface area contributed by atoms with Crippen LogP contribution in [0.25, 0.3) is 0 Å². The quantitative estimate of drug-likeness (QED) is 0.286. The Morgan fingerprint density at radius 1 is 1.21 bits per heavy atom. The standard InChI is InChI=1S/C19H27ClO4/c1-19(2,3)18(21)24-17(13-20)7-5-6-12-23-14-15-8-10-16(22-4)11-9-15/h5-6,8-11,17H,7,12-14H2,1-4H3/b6-5+/t17-/m0/s1. The Hall–Kier alpha value is -1.52. The molecule has 0 spiro atoms. The number of benzene rings is 1. The minimum atomic E-state index is -0.518. The summed E-state index contributed by atoms with van der Waals surface area (Å²) >= 11 is 5.85. The van der Waals surface area contributed by atoms with Gasteiger partial charge in [0.15, 0.2) is 0 Å². The van der Waals surface area contributed by atoms with Crippen LogP contribution in [0.4, 0.5) is 0 Å². The van der Waals surface area contributed by atoms with Crippen molar-refractivity contribution in [3.63, 3.8) is 0 Å². The van der Waals surface area contributed by atoms with Crippen molar-refractivity contribution in [2.24, 2.45) is 5.41 Å². The summed E-state index contributed by atoms with van der Waals surface area (Å²) in [6.45, 7) is 6.50. The largest absolute Gasteiger partial charge is 0.497 e. The molecule has 0 radical (unpaired) electrons. The number of carbonyl (C=O) groups is 1. The third-order valence-corrected chi connectivity index (χ3v) is 3.61. The molecular formula is C19H27ClO4. The fraction of sp³-hybridized carbons (Fsp3) is 0.526. The van der Waals surface area contributed by atoms with Gasteiger partial charge in [0.2, 0.25) is 0 Å². The Kier molecular flexibility index (Phi) is 8.87. The molecule has 1 atom stereocenters. The number of rotatable bonds is 9. The van der Waals surface area contributed by atoms with Crippen LogP contribution in [-0.4, -0.2) is 31.7 Å². The second-order valence-electron chi connectivity index (χ2n) is 6.50. The zero-order valence-corrected chi connectivity index (χ0v) is 15.6. The summed E-state index contributed by atoms with van der Waals surface area (Å²) < 4.78 is 16.1. The summed E-state index contributed by atoms with van der Waals surface area (Å²) in [5.74, 6) is 0.867. The van der Waals surface area contributed by atoms with Gasteiger partial charge in [-0.05, 0) is 38.5 Å². The van der Waals surface area contributed by atoms with Crippen LogP contribution in [0, 0.1) is 5.41 Å². The Labute approximate surface area is 149 Å². The molecule has 0 fully saturated rings. The first kappa shape index (κ1) is 20.5. The Bertz CT molecular complexity index is 517. The summed E-state index contributed by atoms with van der Waals surface area (Å²) in [4.78, 5) is 11.8. The molecule has 0 aliphatic rings. The SMILES string of the molecule is COc1ccc(COC/C=C/C[C@@H](CCl)OC(=O)C(C)(C)C)cc1. The van der Waals surface area contributed by atoms with Crippen molar-refractivity contribution in [2.45, 2.75) is 39.9 Å². The molecule has 0 aromatic heterocycles. The van der Waals surface area contributed by atoms with Crippen molar-refractivity contribution in [3.8, 4) is 5.75 Å². The van der Waals surface area contributed by atoms with E-state index >= 15 is 0 Å². The van der Waals surface area contributed by atoms with Crippen LogP contribution in [0.15, 0.2) is 36.4 Å². The number of carbonyl (C=O) groups excluding carboxylic acids is 1. The molecule has 0 unspecified atom stereocenters. The molecule has 0 aliphatic carbocycles. The minimum absolute atomic E-state index is 0.239. The third kappa shape index (κ3) is 7.84. The molecular weight excluding hydrogens is 328 g/mol. The van der Waals surface area contributed by atoms with E-state index in [-0.39, 0.29) is 18.0 Å². The lowest BCUT2D eigenvalue weighted by molar-refractivity contribution is -0.157. The number of hydrogen-bond acceptors (Lipinski definition) is 4. The fourth-order valence-electron chi connectivity index (χ4n) is 1.75. The zero-order chi connectivity index (χ0) is 18.0. The predicted molar refractivity (Wildman–Crippen MR) is 96.5 cm³/mol. The van der Waals surface area contributed by atoms with Gasteiger partial charge in [0.25, 0.3) is 0 Å². The normalized spacial score (nSPS) is 13.0. The van der Waals surface area contributed by atoms with E-state index < -0.39 is 5.41 Å². The first-order chi connectivity index (χ1) is 11.4. The molecule has 1 aromatic rings. The highest BCUT2D eigenvalue weighted by Gasteiger charge is 2.25. The van der Waals surface area contributed by atoms with E-state index in [1.54, 1.807) is 7.11 Å². The number of hydrogen-bond donors (Lipinski definition) is 0. The fourth-order valence-corrected chi connectivity index (χ4v) is 1.94. The number of alkyl halides is 1. The first-order valence-corrected chi connectivity index (χ1v) is 8.53. The zero-order valence-electron chi connectivity index (χ0n) is 14.9. The van der Waals surface area contributed by atoms with E-state index in [0.29, 0.717) is 19.6 Å². The number of esters is 1. The molecule has 0 saturated heterocycles. The topological polar surface area (TPSA) is 44.8 Å². The lowest BCUT2D eigenvalue weighted by Crippen LogP contribution is -2.28. The van der Waals surface area contributed by atoms with Crippen molar-refractivity contribution in [2.75, 3.05) is 19.6 Å². The van der Waals surface area contributed by atoms with Gasteiger partial charge in [-0.3, -0.25) is 4.79 Å². The van der Waals surface area contributed by atoms with Crippen LogP contribution in [-0.2, 0) is 20.9 Å². The van der Waals surface area contributed by atoms with Crippen molar-refractivity contribution >= 4 is 17.6 Å². The lowest BCUT2D eigenvalue weighted by Gasteiger charge is -2.21. The van der Waals surface area contributed by atoms with Crippen LogP contribution in [0.5, 0.6) is 5.75 Å². The van der Waals surface area contributed by atoms with Gasteiger partial charge in [0.1, 0.15) is 11.9 Å². The summed E-state index contributed by atoms with van der Waals surface area (Å²) in [5.41, 5.74) is 0.567. The second kappa shape index (κ2) is 10.4. The highest BCUT2D eigenvalue weighted by atomic mass is 35.5. The van der Waals surface area contributed by atoms with Crippen molar-refractivity contribution in [1.29, 1.82) is 0 Å². The van der Waals surface area contributed by atoms with E-state index in [4.69, 9.17) is 25.8 Å². The molecule has 0 N–H and O–H groups in total. The number of halogens is 1. The van der Waals surface area contributed by atoms with Crippen molar-refractivity contribution < 1.29 is 19.0 Å². The van der Waals surface area contributed by atoms with Gasteiger partial charge < -0.3 is 14.2 Å². The van der Waals surface area contributed by atoms with Crippen LogP contribution in [0.3, 0.4) is 0 Å². The molecule has 1 rings (SSSR count). The second-order valence-corrected chi connectivity index (χ2v) is 6.81. The molecule has 1 aromatic carbocycles. The van der Waals surface area contributed by atoms with Crippen LogP contribution >= 0.6 is 11.6 Å². The average molecular weight is 355 g/mol. The highest BCUT2D eigenvalue weighted by Crippen LogP contribution is 2.18. The highest BCUT2D eigenvalue weighted by molar-refractivity contribution is 6.18. The predicted octanol–water partition coefficient (Wildman–Crippen LogP) is 4.35. The van der Waals surface area contributed by atoms with E-state index in [1.807, 2.05) is 57.2 Å². The summed E-state index contributed by atoms with van der Waals surface area (Å²) in [5, 5.41) is 0. The van der Waals surface area contributed by atoms with Gasteiger partial charge in [0, 0.05) is 6.42 Å². The van der Waals surface area contributed by atoms with E-state index in [1.165, 1.54) is 0 Å².